The number of ether oxygens (including phenoxy) is 1. The SMILES string of the molecule is CC1=CC(=O)N(C)C2C(=O)C(=O)C3=C(OCC(C(C)C)=N3)C12. The van der Waals surface area contributed by atoms with Crippen LogP contribution in [0.2, 0.25) is 0 Å². The first-order valence-corrected chi connectivity index (χ1v) is 7.31. The average Bonchev–Trinajstić information content (AvgIpc) is 2.48. The van der Waals surface area contributed by atoms with E-state index in [4.69, 9.17) is 4.74 Å². The summed E-state index contributed by atoms with van der Waals surface area (Å²) in [6.07, 6.45) is 1.49. The fourth-order valence-electron chi connectivity index (χ4n) is 3.07. The van der Waals surface area contributed by atoms with E-state index < -0.39 is 23.5 Å². The van der Waals surface area contributed by atoms with Crippen LogP contribution in [0.1, 0.15) is 20.8 Å². The lowest BCUT2D eigenvalue weighted by Crippen LogP contribution is -2.56. The molecule has 6 nitrogen and oxygen atoms in total. The summed E-state index contributed by atoms with van der Waals surface area (Å²) in [6.45, 7) is 6.02. The number of nitrogens with zero attached hydrogens (tertiary/aromatic N) is 2. The van der Waals surface area contributed by atoms with Gasteiger partial charge in [0.05, 0.1) is 11.6 Å². The molecule has 1 amide bonds. The number of Topliss-reactive ketones (excluding diaryl/α,β-unsaturated/α-hetero) is 2. The molecule has 0 fully saturated rings. The highest BCUT2D eigenvalue weighted by Crippen LogP contribution is 2.39. The van der Waals surface area contributed by atoms with Crippen LogP contribution in [0, 0.1) is 11.8 Å². The molecule has 2 atom stereocenters. The van der Waals surface area contributed by atoms with Crippen molar-refractivity contribution in [2.24, 2.45) is 16.8 Å². The molecule has 6 heteroatoms. The van der Waals surface area contributed by atoms with Gasteiger partial charge in [-0.15, -0.1) is 0 Å². The van der Waals surface area contributed by atoms with E-state index in [0.29, 0.717) is 12.4 Å². The number of amides is 1. The lowest BCUT2D eigenvalue weighted by Gasteiger charge is -2.41. The highest BCUT2D eigenvalue weighted by Gasteiger charge is 2.50. The number of rotatable bonds is 1. The zero-order valence-electron chi connectivity index (χ0n) is 13.0. The Morgan fingerprint density at radius 3 is 2.64 bits per heavy atom. The molecular weight excluding hydrogens is 284 g/mol. The van der Waals surface area contributed by atoms with Crippen molar-refractivity contribution >= 4 is 23.2 Å². The number of allylic oxidation sites excluding steroid dienone is 1. The molecule has 0 aromatic carbocycles. The lowest BCUT2D eigenvalue weighted by atomic mass is 9.77. The highest BCUT2D eigenvalue weighted by atomic mass is 16.5. The summed E-state index contributed by atoms with van der Waals surface area (Å²) >= 11 is 0. The molecule has 0 aromatic heterocycles. The molecule has 2 unspecified atom stereocenters. The maximum absolute atomic E-state index is 12.5. The van der Waals surface area contributed by atoms with Gasteiger partial charge in [-0.2, -0.15) is 0 Å². The zero-order valence-corrected chi connectivity index (χ0v) is 13.0. The summed E-state index contributed by atoms with van der Waals surface area (Å²) in [5.74, 6) is -1.38. The molecule has 2 aliphatic heterocycles. The van der Waals surface area contributed by atoms with Crippen molar-refractivity contribution in [3.8, 4) is 0 Å². The largest absolute Gasteiger partial charge is 0.489 e. The normalized spacial score (nSPS) is 28.2. The minimum atomic E-state index is -0.820. The fourth-order valence-corrected chi connectivity index (χ4v) is 3.07. The molecule has 1 aliphatic carbocycles. The van der Waals surface area contributed by atoms with Crippen molar-refractivity contribution in [3.63, 3.8) is 0 Å². The summed E-state index contributed by atoms with van der Waals surface area (Å²) in [7, 11) is 1.53. The number of carbonyl (C=O) groups is 3. The van der Waals surface area contributed by atoms with Gasteiger partial charge in [0.2, 0.25) is 11.7 Å². The second-order valence-corrected chi connectivity index (χ2v) is 6.21. The highest BCUT2D eigenvalue weighted by molar-refractivity contribution is 6.47. The maximum atomic E-state index is 12.5. The second-order valence-electron chi connectivity index (χ2n) is 6.21. The third kappa shape index (κ3) is 1.94. The molecule has 22 heavy (non-hydrogen) atoms. The van der Waals surface area contributed by atoms with Crippen molar-refractivity contribution in [1.29, 1.82) is 0 Å². The van der Waals surface area contributed by atoms with Gasteiger partial charge in [-0.25, -0.2) is 4.99 Å². The van der Waals surface area contributed by atoms with Crippen LogP contribution in [0.15, 0.2) is 28.1 Å². The number of aliphatic imine (C=N–C) groups is 1. The molecule has 0 N–H and O–H groups in total. The Hall–Kier alpha value is -2.24. The summed E-state index contributed by atoms with van der Waals surface area (Å²) in [5.41, 5.74) is 1.58. The first kappa shape index (κ1) is 14.7. The number of carbonyl (C=O) groups excluding carboxylic acids is 3. The third-order valence-corrected chi connectivity index (χ3v) is 4.44. The van der Waals surface area contributed by atoms with Crippen molar-refractivity contribution < 1.29 is 19.1 Å². The maximum Gasteiger partial charge on any atom is 0.252 e. The molecule has 0 spiro atoms. The summed E-state index contributed by atoms with van der Waals surface area (Å²) in [4.78, 5) is 42.5. The van der Waals surface area contributed by atoms with Crippen molar-refractivity contribution in [3.05, 3.63) is 23.1 Å². The van der Waals surface area contributed by atoms with E-state index in [9.17, 15) is 14.4 Å². The van der Waals surface area contributed by atoms with Crippen LogP contribution < -0.4 is 0 Å². The second kappa shape index (κ2) is 4.90. The number of hydrogen-bond donors (Lipinski definition) is 0. The molecule has 116 valence electrons. The number of fused-ring (bicyclic) bond motifs is 2. The first-order chi connectivity index (χ1) is 10.3. The van der Waals surface area contributed by atoms with Crippen LogP contribution in [0.4, 0.5) is 0 Å². The van der Waals surface area contributed by atoms with Gasteiger partial charge in [-0.1, -0.05) is 19.4 Å². The summed E-state index contributed by atoms with van der Waals surface area (Å²) < 4.78 is 5.80. The van der Waals surface area contributed by atoms with Crippen LogP contribution in [0.3, 0.4) is 0 Å². The van der Waals surface area contributed by atoms with E-state index in [2.05, 4.69) is 4.99 Å². The van der Waals surface area contributed by atoms with Gasteiger partial charge in [0.15, 0.2) is 5.70 Å². The van der Waals surface area contributed by atoms with E-state index >= 15 is 0 Å². The van der Waals surface area contributed by atoms with Crippen LogP contribution in [0.5, 0.6) is 0 Å². The predicted molar refractivity (Wildman–Crippen MR) is 79.1 cm³/mol. The monoisotopic (exact) mass is 302 g/mol. The Morgan fingerprint density at radius 1 is 1.32 bits per heavy atom. The van der Waals surface area contributed by atoms with E-state index in [1.54, 1.807) is 6.92 Å². The van der Waals surface area contributed by atoms with Crippen LogP contribution in [-0.4, -0.2) is 47.8 Å². The van der Waals surface area contributed by atoms with Gasteiger partial charge >= 0.3 is 0 Å². The minimum Gasteiger partial charge on any atom is -0.489 e. The van der Waals surface area contributed by atoms with E-state index in [1.165, 1.54) is 18.0 Å². The molecule has 2 heterocycles. The van der Waals surface area contributed by atoms with Crippen molar-refractivity contribution in [2.75, 3.05) is 13.7 Å². The van der Waals surface area contributed by atoms with Gasteiger partial charge in [0.25, 0.3) is 5.78 Å². The number of hydrogen-bond acceptors (Lipinski definition) is 5. The Bertz CT molecular complexity index is 684. The fraction of sp³-hybridized carbons (Fsp3) is 0.500. The third-order valence-electron chi connectivity index (χ3n) is 4.44. The van der Waals surface area contributed by atoms with Gasteiger partial charge in [-0.3, -0.25) is 14.4 Å². The van der Waals surface area contributed by atoms with Crippen LogP contribution in [0.25, 0.3) is 0 Å². The predicted octanol–water partition coefficient (Wildman–Crippen LogP) is 0.880. The van der Waals surface area contributed by atoms with Crippen molar-refractivity contribution in [1.82, 2.24) is 4.90 Å². The quantitative estimate of drug-likeness (QED) is 0.674. The van der Waals surface area contributed by atoms with Crippen molar-refractivity contribution in [2.45, 2.75) is 26.8 Å². The number of likely N-dealkylation sites (N-methyl/N-ethyl adjacent to an activating group) is 1. The molecule has 0 saturated carbocycles. The van der Waals surface area contributed by atoms with Gasteiger partial charge in [-0.05, 0) is 12.8 Å². The smallest absolute Gasteiger partial charge is 0.252 e. The molecule has 3 aliphatic rings. The average molecular weight is 302 g/mol. The summed E-state index contributed by atoms with van der Waals surface area (Å²) in [6, 6.07) is -0.820. The Morgan fingerprint density at radius 2 is 2.00 bits per heavy atom. The standard InChI is InChI=1S/C16H18N2O4/c1-7(2)9-6-22-16-11-8(3)5-10(19)18(4)13(11)15(21)14(20)12(16)17-9/h5,7,11,13H,6H2,1-4H3. The van der Waals surface area contributed by atoms with Crippen LogP contribution >= 0.6 is 0 Å². The molecule has 0 radical (unpaired) electrons. The molecular formula is C16H18N2O4. The first-order valence-electron chi connectivity index (χ1n) is 7.31. The molecule has 0 aromatic rings. The zero-order chi connectivity index (χ0) is 16.2. The Labute approximate surface area is 128 Å². The molecule has 0 saturated heterocycles. The van der Waals surface area contributed by atoms with E-state index in [0.717, 1.165) is 11.3 Å². The lowest BCUT2D eigenvalue weighted by molar-refractivity contribution is -0.144. The molecule has 0 bridgehead atoms. The Kier molecular flexibility index (Phi) is 3.27. The Balaban J connectivity index is 2.17. The summed E-state index contributed by atoms with van der Waals surface area (Å²) in [5, 5.41) is 0. The van der Waals surface area contributed by atoms with E-state index in [1.807, 2.05) is 13.8 Å². The van der Waals surface area contributed by atoms with Gasteiger partial charge < -0.3 is 9.64 Å². The minimum absolute atomic E-state index is 0.108. The number of ketones is 2. The van der Waals surface area contributed by atoms with Gasteiger partial charge in [0, 0.05) is 13.1 Å². The van der Waals surface area contributed by atoms with Crippen LogP contribution in [-0.2, 0) is 19.1 Å². The molecule has 3 rings (SSSR count). The van der Waals surface area contributed by atoms with Gasteiger partial charge in [0.1, 0.15) is 18.4 Å². The topological polar surface area (TPSA) is 76.0 Å². The van der Waals surface area contributed by atoms with E-state index in [-0.39, 0.29) is 17.5 Å².